The van der Waals surface area contributed by atoms with E-state index in [0.717, 1.165) is 24.8 Å². The zero-order valence-corrected chi connectivity index (χ0v) is 17.0. The Morgan fingerprint density at radius 2 is 2.19 bits per heavy atom. The fourth-order valence-electron chi connectivity index (χ4n) is 2.94. The molecule has 1 atom stereocenters. The summed E-state index contributed by atoms with van der Waals surface area (Å²) in [5.41, 5.74) is 1.96. The van der Waals surface area contributed by atoms with Crippen LogP contribution in [-0.2, 0) is 12.8 Å². The van der Waals surface area contributed by atoms with Gasteiger partial charge in [0.15, 0.2) is 5.11 Å². The summed E-state index contributed by atoms with van der Waals surface area (Å²) in [5.74, 6) is 0.153. The SMILES string of the molecule is CC1CCc2c(sc(NC(=S)NC(=O)c3cccc(Cl)c3Cl)c2C#N)C1. The number of rotatable bonds is 2. The molecule has 0 fully saturated rings. The normalized spacial score (nSPS) is 15.7. The summed E-state index contributed by atoms with van der Waals surface area (Å²) in [7, 11) is 0. The number of thiocarbonyl (C=S) groups is 1. The Hall–Kier alpha value is -1.65. The molecular formula is C18H15Cl2N3OS2. The molecule has 3 rings (SSSR count). The van der Waals surface area contributed by atoms with Crippen molar-refractivity contribution in [1.82, 2.24) is 5.32 Å². The van der Waals surface area contributed by atoms with Crippen LogP contribution in [0.5, 0.6) is 0 Å². The first kappa shape index (κ1) is 19.1. The number of carbonyl (C=O) groups is 1. The van der Waals surface area contributed by atoms with Crippen molar-refractivity contribution in [1.29, 1.82) is 5.26 Å². The monoisotopic (exact) mass is 423 g/mol. The maximum Gasteiger partial charge on any atom is 0.258 e. The van der Waals surface area contributed by atoms with Gasteiger partial charge in [0, 0.05) is 4.88 Å². The fraction of sp³-hybridized carbons (Fsp3) is 0.278. The highest BCUT2D eigenvalue weighted by molar-refractivity contribution is 7.80. The Morgan fingerprint density at radius 3 is 2.92 bits per heavy atom. The van der Waals surface area contributed by atoms with E-state index in [0.29, 0.717) is 21.5 Å². The zero-order valence-electron chi connectivity index (χ0n) is 13.9. The quantitative estimate of drug-likeness (QED) is 0.653. The lowest BCUT2D eigenvalue weighted by Gasteiger charge is -2.17. The van der Waals surface area contributed by atoms with Gasteiger partial charge in [0.2, 0.25) is 0 Å². The van der Waals surface area contributed by atoms with Gasteiger partial charge in [-0.1, -0.05) is 36.2 Å². The van der Waals surface area contributed by atoms with Gasteiger partial charge in [0.25, 0.3) is 5.91 Å². The molecule has 0 spiro atoms. The predicted molar refractivity (Wildman–Crippen MR) is 110 cm³/mol. The van der Waals surface area contributed by atoms with Crippen LogP contribution in [0.2, 0.25) is 10.0 Å². The van der Waals surface area contributed by atoms with E-state index in [2.05, 4.69) is 23.6 Å². The summed E-state index contributed by atoms with van der Waals surface area (Å²) in [6.45, 7) is 2.21. The Kier molecular flexibility index (Phi) is 5.83. The van der Waals surface area contributed by atoms with E-state index < -0.39 is 5.91 Å². The maximum atomic E-state index is 12.4. The van der Waals surface area contributed by atoms with Gasteiger partial charge >= 0.3 is 0 Å². The van der Waals surface area contributed by atoms with Crippen LogP contribution in [0.25, 0.3) is 0 Å². The number of thiophene rings is 1. The van der Waals surface area contributed by atoms with Gasteiger partial charge in [-0.05, 0) is 55.1 Å². The molecule has 0 radical (unpaired) electrons. The minimum Gasteiger partial charge on any atom is -0.323 e. The molecule has 0 saturated heterocycles. The number of nitriles is 1. The highest BCUT2D eigenvalue weighted by Crippen LogP contribution is 2.39. The van der Waals surface area contributed by atoms with Crippen molar-refractivity contribution in [3.63, 3.8) is 0 Å². The highest BCUT2D eigenvalue weighted by Gasteiger charge is 2.24. The summed E-state index contributed by atoms with van der Waals surface area (Å²) in [6.07, 6.45) is 2.94. The van der Waals surface area contributed by atoms with Crippen molar-refractivity contribution < 1.29 is 4.79 Å². The van der Waals surface area contributed by atoms with Crippen molar-refractivity contribution in [2.24, 2.45) is 5.92 Å². The number of amides is 1. The van der Waals surface area contributed by atoms with Crippen LogP contribution in [0.3, 0.4) is 0 Å². The molecule has 2 N–H and O–H groups in total. The van der Waals surface area contributed by atoms with Crippen LogP contribution in [0.4, 0.5) is 5.00 Å². The van der Waals surface area contributed by atoms with Crippen LogP contribution in [0.1, 0.15) is 39.7 Å². The van der Waals surface area contributed by atoms with Crippen molar-refractivity contribution in [2.45, 2.75) is 26.2 Å². The molecule has 0 saturated carbocycles. The third-order valence-electron chi connectivity index (χ3n) is 4.27. The smallest absolute Gasteiger partial charge is 0.258 e. The number of nitrogens with one attached hydrogen (secondary N) is 2. The largest absolute Gasteiger partial charge is 0.323 e. The molecule has 1 aromatic carbocycles. The number of benzene rings is 1. The van der Waals surface area contributed by atoms with Crippen molar-refractivity contribution in [2.75, 3.05) is 5.32 Å². The first-order chi connectivity index (χ1) is 12.4. The van der Waals surface area contributed by atoms with Gasteiger partial charge in [-0.25, -0.2) is 0 Å². The summed E-state index contributed by atoms with van der Waals surface area (Å²) >= 11 is 18.8. The molecular weight excluding hydrogens is 409 g/mol. The van der Waals surface area contributed by atoms with E-state index in [1.807, 2.05) is 0 Å². The molecule has 1 aromatic heterocycles. The standard InChI is InChI=1S/C18H15Cl2N3OS2/c1-9-5-6-10-12(8-21)17(26-14(10)7-9)23-18(25)22-16(24)11-3-2-4-13(19)15(11)20/h2-4,9H,5-7H2,1H3,(H2,22,23,24,25). The summed E-state index contributed by atoms with van der Waals surface area (Å²) in [4.78, 5) is 13.6. The number of anilines is 1. The maximum absolute atomic E-state index is 12.4. The minimum absolute atomic E-state index is 0.120. The van der Waals surface area contributed by atoms with Gasteiger partial charge < -0.3 is 5.32 Å². The molecule has 1 unspecified atom stereocenters. The number of carbonyl (C=O) groups excluding carboxylic acids is 1. The molecule has 26 heavy (non-hydrogen) atoms. The van der Waals surface area contributed by atoms with E-state index in [1.165, 1.54) is 16.2 Å². The molecule has 1 heterocycles. The number of hydrogen-bond acceptors (Lipinski definition) is 4. The van der Waals surface area contributed by atoms with Crippen LogP contribution in [0, 0.1) is 17.2 Å². The summed E-state index contributed by atoms with van der Waals surface area (Å²) in [5, 5.41) is 16.4. The number of halogens is 2. The fourth-order valence-corrected chi connectivity index (χ4v) is 4.95. The predicted octanol–water partition coefficient (Wildman–Crippen LogP) is 5.18. The number of fused-ring (bicyclic) bond motifs is 1. The average Bonchev–Trinajstić information content (AvgIpc) is 2.92. The van der Waals surface area contributed by atoms with Gasteiger partial charge in [0.05, 0.1) is 21.2 Å². The second kappa shape index (κ2) is 7.93. The van der Waals surface area contributed by atoms with E-state index in [-0.39, 0.29) is 15.7 Å². The molecule has 1 aliphatic rings. The molecule has 8 heteroatoms. The van der Waals surface area contributed by atoms with Crippen LogP contribution >= 0.6 is 46.8 Å². The number of hydrogen-bond donors (Lipinski definition) is 2. The van der Waals surface area contributed by atoms with E-state index >= 15 is 0 Å². The van der Waals surface area contributed by atoms with E-state index in [4.69, 9.17) is 35.4 Å². The third-order valence-corrected chi connectivity index (χ3v) is 6.47. The first-order valence-corrected chi connectivity index (χ1v) is 9.99. The molecule has 134 valence electrons. The van der Waals surface area contributed by atoms with Crippen LogP contribution in [-0.4, -0.2) is 11.0 Å². The number of nitrogens with zero attached hydrogens (tertiary/aromatic N) is 1. The van der Waals surface area contributed by atoms with E-state index in [9.17, 15) is 10.1 Å². The topological polar surface area (TPSA) is 64.9 Å². The second-order valence-electron chi connectivity index (χ2n) is 6.18. The average molecular weight is 424 g/mol. The first-order valence-electron chi connectivity index (χ1n) is 8.01. The van der Waals surface area contributed by atoms with Crippen LogP contribution in [0.15, 0.2) is 18.2 Å². The summed E-state index contributed by atoms with van der Waals surface area (Å²) < 4.78 is 0. The lowest BCUT2D eigenvalue weighted by Crippen LogP contribution is -2.34. The Balaban J connectivity index is 1.76. The Labute approximate surface area is 171 Å². The lowest BCUT2D eigenvalue weighted by atomic mass is 9.89. The zero-order chi connectivity index (χ0) is 18.8. The Bertz CT molecular complexity index is 933. The van der Waals surface area contributed by atoms with Crippen molar-refractivity contribution >= 4 is 62.8 Å². The molecule has 4 nitrogen and oxygen atoms in total. The molecule has 0 bridgehead atoms. The van der Waals surface area contributed by atoms with Gasteiger partial charge in [-0.15, -0.1) is 11.3 Å². The minimum atomic E-state index is -0.455. The van der Waals surface area contributed by atoms with E-state index in [1.54, 1.807) is 18.2 Å². The van der Waals surface area contributed by atoms with Crippen molar-refractivity contribution in [3.05, 3.63) is 49.8 Å². The molecule has 1 amide bonds. The van der Waals surface area contributed by atoms with Crippen LogP contribution < -0.4 is 10.6 Å². The van der Waals surface area contributed by atoms with Gasteiger partial charge in [-0.2, -0.15) is 5.26 Å². The Morgan fingerprint density at radius 1 is 1.42 bits per heavy atom. The van der Waals surface area contributed by atoms with Gasteiger partial charge in [0.1, 0.15) is 11.1 Å². The molecule has 0 aliphatic heterocycles. The molecule has 1 aliphatic carbocycles. The lowest BCUT2D eigenvalue weighted by molar-refractivity contribution is 0.0978. The highest BCUT2D eigenvalue weighted by atomic mass is 35.5. The molecule has 2 aromatic rings. The van der Waals surface area contributed by atoms with Gasteiger partial charge in [-0.3, -0.25) is 10.1 Å². The summed E-state index contributed by atoms with van der Waals surface area (Å²) in [6, 6.07) is 7.08. The third kappa shape index (κ3) is 3.86. The second-order valence-corrected chi connectivity index (χ2v) is 8.48. The van der Waals surface area contributed by atoms with Crippen molar-refractivity contribution in [3.8, 4) is 6.07 Å².